The van der Waals surface area contributed by atoms with Crippen molar-refractivity contribution >= 4 is 93.2 Å². The summed E-state index contributed by atoms with van der Waals surface area (Å²) in [4.78, 5) is 138. The van der Waals surface area contributed by atoms with Crippen LogP contribution < -0.4 is 74.6 Å². The number of aromatic nitrogens is 4. The number of allylic oxidation sites excluding steroid dienone is 3. The summed E-state index contributed by atoms with van der Waals surface area (Å²) < 4.78 is 34.3. The van der Waals surface area contributed by atoms with Gasteiger partial charge in [-0.1, -0.05) is 210 Å². The molecule has 5 fully saturated rings. The zero-order valence-corrected chi connectivity index (χ0v) is 82.6. The number of nitrogens with zero attached hydrogens (tertiary/aromatic N) is 9. The van der Waals surface area contributed by atoms with Gasteiger partial charge in [-0.15, -0.1) is 48.6 Å². The molecule has 5 N–H and O–H groups in total. The number of ether oxygens (including phenoxy) is 6. The molecular formula is C115H118N14O16S. The number of benzene rings is 8. The number of anilines is 4. The van der Waals surface area contributed by atoms with Gasteiger partial charge in [0.05, 0.1) is 25.6 Å². The molecule has 5 atom stereocenters. The number of amides is 10. The first-order chi connectivity index (χ1) is 71.2. The van der Waals surface area contributed by atoms with Crippen LogP contribution in [0.25, 0.3) is 5.69 Å². The van der Waals surface area contributed by atoms with Gasteiger partial charge in [0.15, 0.2) is 29.0 Å². The largest absolute Gasteiger partial charge is 0.497 e. The number of aryl methyl sites for hydroxylation is 1. The predicted octanol–water partition coefficient (Wildman–Crippen LogP) is 15.8. The average molecular weight is 1980 g/mol. The first kappa shape index (κ1) is 105. The number of tetrazole rings is 1. The van der Waals surface area contributed by atoms with Crippen molar-refractivity contribution in [3.8, 4) is 102 Å². The third kappa shape index (κ3) is 27.0. The molecule has 18 rings (SSSR count). The number of thiophene rings is 1. The highest BCUT2D eigenvalue weighted by atomic mass is 32.1. The first-order valence-electron chi connectivity index (χ1n) is 49.1. The SMILES string of the molecule is C#CC(=O)N(CC1=CC=CC1)C(C(=O)NC1CCCC1)c1ccccc1.C#CC(=O)N(c1cc(OC)ccc1OC)C(C(=O)NC1CCCC1)c1cccs1.C#CC(=O)N(c1ccc(-n2cnnn2)c(C)c1)C(C(=O)NC1CCCC1)c1ccccc1.C#CC(=O)N(c1ccc2c(c1)OCCO2)C(C(=O)NC1CCCC1)c1ccccc1.C#CC(=O)N(c1ccc2c(c1)OCO2)C(C(=O)NC1CCCC1)c1ccccc1. The van der Waals surface area contributed by atoms with Crippen LogP contribution in [0.4, 0.5) is 22.7 Å². The highest BCUT2D eigenvalue weighted by molar-refractivity contribution is 7.10. The van der Waals surface area contributed by atoms with Crippen molar-refractivity contribution in [3.05, 3.63) is 274 Å². The number of carbonyl (C=O) groups is 10. The van der Waals surface area contributed by atoms with Crippen LogP contribution in [0, 0.1) is 68.6 Å². The van der Waals surface area contributed by atoms with E-state index in [0.717, 1.165) is 157 Å². The molecule has 5 unspecified atom stereocenters. The van der Waals surface area contributed by atoms with Gasteiger partial charge in [0.1, 0.15) is 55.2 Å². The smallest absolute Gasteiger partial charge is 0.303 e. The molecule has 6 aliphatic carbocycles. The lowest BCUT2D eigenvalue weighted by atomic mass is 10.0. The fourth-order valence-electron chi connectivity index (χ4n) is 19.3. The van der Waals surface area contributed by atoms with Crippen molar-refractivity contribution in [2.75, 3.05) is 60.4 Å². The van der Waals surface area contributed by atoms with E-state index in [1.165, 1.54) is 61.1 Å². The Bertz CT molecular complexity index is 6500. The van der Waals surface area contributed by atoms with Crippen molar-refractivity contribution < 1.29 is 76.4 Å². The Morgan fingerprint density at radius 2 is 0.801 bits per heavy atom. The standard InChI is InChI=1S/C24H24N6O2.C24H24N2O4.C23H22N2O4.C22H24N2O4S.C22H24N2O2/c1-3-22(31)30(20-13-14-21(17(2)15-20)29-16-25-27-28-29)23(18-9-5-4-6-10-18)24(32)26-19-11-7-8-12-19;1-2-22(27)26(19-12-13-20-21(16-19)30-15-14-29-20)23(17-8-4-3-5-9-17)24(28)25-18-10-6-7-11-18;1-2-21(26)25(18-12-13-19-20(14-18)29-15-28-19)22(16-8-4-3-5-9-16)23(27)24-17-10-6-7-11-17;1-4-20(25)24(17-14-16(27-2)11-12-18(17)28-3)21(19-10-7-13-29-19)22(26)23-15-8-5-6-9-15;1-2-20(25)24(16-17-10-6-7-11-17)21(18-12-4-3-5-13-18)22(26)23-19-14-8-9-15-19/h1,4-6,9-10,13-16,19,23H,7-8,11-12H2,2H3,(H,26,32);1,3-5,8-9,12-13,16,18,23H,6-7,10-11,14-15H2,(H,25,28);1,3-5,8-9,12-14,17,22H,6-7,10-11,15H2,(H,24,27);1,7,10-15,21H,5-6,8-9H2,2-3H3,(H,23,26);1,3-7,10,12-13,19,21H,8-9,11,14-16H2,(H,23,26). The highest BCUT2D eigenvalue weighted by Crippen LogP contribution is 2.44. The molecule has 2 aliphatic heterocycles. The number of carbonyl (C=O) groups excluding carboxylic acids is 10. The van der Waals surface area contributed by atoms with Gasteiger partial charge in [-0.3, -0.25) is 67.5 Å². The van der Waals surface area contributed by atoms with Crippen molar-refractivity contribution in [3.63, 3.8) is 0 Å². The molecule has 30 nitrogen and oxygen atoms in total. The second kappa shape index (κ2) is 52.4. The van der Waals surface area contributed by atoms with Crippen LogP contribution >= 0.6 is 11.3 Å². The normalized spacial score (nSPS) is 15.8. The van der Waals surface area contributed by atoms with Gasteiger partial charge < -0.3 is 59.9 Å². The lowest BCUT2D eigenvalue weighted by molar-refractivity contribution is -0.136. The lowest BCUT2D eigenvalue weighted by Crippen LogP contribution is -2.46. The van der Waals surface area contributed by atoms with E-state index in [4.69, 9.17) is 60.5 Å². The van der Waals surface area contributed by atoms with Crippen LogP contribution in [0.3, 0.4) is 0 Å². The number of methoxy groups -OCH3 is 2. The molecule has 8 aromatic carbocycles. The number of fused-ring (bicyclic) bond motifs is 2. The van der Waals surface area contributed by atoms with E-state index in [-0.39, 0.29) is 66.5 Å². The van der Waals surface area contributed by atoms with Crippen LogP contribution in [0.2, 0.25) is 0 Å². The van der Waals surface area contributed by atoms with E-state index >= 15 is 0 Å². The van der Waals surface area contributed by atoms with Crippen molar-refractivity contribution in [1.29, 1.82) is 0 Å². The third-order valence-electron chi connectivity index (χ3n) is 26.5. The number of nitrogens with one attached hydrogen (secondary N) is 5. The maximum Gasteiger partial charge on any atom is 0.303 e. The Morgan fingerprint density at radius 1 is 0.418 bits per heavy atom. The fourth-order valence-corrected chi connectivity index (χ4v) is 20.2. The fraction of sp³-hybridized carbons (Fsp3) is 0.330. The maximum atomic E-state index is 13.5. The monoisotopic (exact) mass is 1980 g/mol. The molecule has 0 radical (unpaired) electrons. The molecule has 750 valence electrons. The van der Waals surface area contributed by atoms with Gasteiger partial charge in [-0.25, -0.2) is 4.68 Å². The molecule has 8 aliphatic rings. The summed E-state index contributed by atoms with van der Waals surface area (Å²) in [5, 5.41) is 28.7. The molecule has 146 heavy (non-hydrogen) atoms. The number of hydrogen-bond acceptors (Lipinski definition) is 20. The summed E-state index contributed by atoms with van der Waals surface area (Å²) >= 11 is 1.40. The zero-order chi connectivity index (χ0) is 103. The summed E-state index contributed by atoms with van der Waals surface area (Å²) in [7, 11) is 3.03. The van der Waals surface area contributed by atoms with E-state index in [1.54, 1.807) is 66.7 Å². The molecule has 0 saturated heterocycles. The van der Waals surface area contributed by atoms with E-state index in [9.17, 15) is 47.9 Å². The summed E-state index contributed by atoms with van der Waals surface area (Å²) in [6.07, 6.45) is 56.2. The molecule has 2 aromatic heterocycles. The number of terminal acetylenes is 5. The Morgan fingerprint density at radius 3 is 1.18 bits per heavy atom. The minimum atomic E-state index is -0.903. The summed E-state index contributed by atoms with van der Waals surface area (Å²) in [6.45, 7) is 3.24. The van der Waals surface area contributed by atoms with Gasteiger partial charge in [0.2, 0.25) is 36.3 Å². The Labute approximate surface area is 855 Å². The van der Waals surface area contributed by atoms with Crippen LogP contribution in [0.15, 0.2) is 242 Å². The molecule has 4 heterocycles. The maximum absolute atomic E-state index is 13.5. The topological polar surface area (TPSA) is 346 Å². The Balaban J connectivity index is 0.000000145. The zero-order valence-electron chi connectivity index (χ0n) is 81.8. The van der Waals surface area contributed by atoms with Gasteiger partial charge >= 0.3 is 23.6 Å². The second-order valence-corrected chi connectivity index (χ2v) is 37.0. The molecule has 0 bridgehead atoms. The van der Waals surface area contributed by atoms with E-state index in [1.807, 2.05) is 170 Å². The summed E-state index contributed by atoms with van der Waals surface area (Å²) in [5.41, 5.74) is 7.37. The van der Waals surface area contributed by atoms with Crippen LogP contribution in [0.5, 0.6) is 34.5 Å². The number of rotatable bonds is 29. The van der Waals surface area contributed by atoms with Crippen molar-refractivity contribution in [1.82, 2.24) is 51.7 Å². The van der Waals surface area contributed by atoms with Crippen LogP contribution in [0.1, 0.15) is 198 Å². The van der Waals surface area contributed by atoms with E-state index < -0.39 is 59.7 Å². The third-order valence-corrected chi connectivity index (χ3v) is 27.4. The molecule has 10 aromatic rings. The number of hydrogen-bond donors (Lipinski definition) is 5. The highest BCUT2D eigenvalue weighted by Gasteiger charge is 2.42. The van der Waals surface area contributed by atoms with Crippen LogP contribution in [-0.4, -0.2) is 155 Å². The predicted molar refractivity (Wildman–Crippen MR) is 557 cm³/mol. The van der Waals surface area contributed by atoms with Crippen molar-refractivity contribution in [2.24, 2.45) is 0 Å². The summed E-state index contributed by atoms with van der Waals surface area (Å²) in [5.74, 6) is 10.1. The molecule has 0 spiro atoms. The molecular weight excluding hydrogens is 1870 g/mol. The van der Waals surface area contributed by atoms with Gasteiger partial charge in [-0.2, -0.15) is 0 Å². The van der Waals surface area contributed by atoms with Gasteiger partial charge in [0.25, 0.3) is 5.91 Å². The van der Waals surface area contributed by atoms with Gasteiger partial charge in [-0.05, 0) is 217 Å². The van der Waals surface area contributed by atoms with Crippen molar-refractivity contribution in [2.45, 2.75) is 202 Å². The van der Waals surface area contributed by atoms with E-state index in [2.05, 4.69) is 71.7 Å². The Kier molecular flexibility index (Phi) is 37.7. The van der Waals surface area contributed by atoms with Gasteiger partial charge in [0, 0.05) is 76.9 Å². The first-order valence-corrected chi connectivity index (χ1v) is 50.0. The summed E-state index contributed by atoms with van der Waals surface area (Å²) in [6, 6.07) is 57.7. The Hall–Kier alpha value is -16.7. The quantitative estimate of drug-likeness (QED) is 0.0272. The van der Waals surface area contributed by atoms with Crippen LogP contribution in [-0.2, 0) is 47.9 Å². The minimum Gasteiger partial charge on any atom is -0.497 e. The average Bonchev–Trinajstić information content (AvgIpc) is 1.02. The van der Waals surface area contributed by atoms with E-state index in [0.29, 0.717) is 98.6 Å². The molecule has 10 amide bonds. The molecule has 5 saturated carbocycles. The second-order valence-electron chi connectivity index (χ2n) is 36.1. The molecule has 31 heteroatoms. The minimum absolute atomic E-state index is 0.111. The lowest BCUT2D eigenvalue weighted by Gasteiger charge is -2.31.